The second-order valence-electron chi connectivity index (χ2n) is 7.32. The van der Waals surface area contributed by atoms with Crippen LogP contribution in [-0.2, 0) is 27.3 Å². The van der Waals surface area contributed by atoms with Crippen molar-refractivity contribution in [2.45, 2.75) is 39.7 Å². The lowest BCUT2D eigenvalue weighted by atomic mass is 10.1. The summed E-state index contributed by atoms with van der Waals surface area (Å²) in [6.07, 6.45) is 1.09. The molecule has 2 aromatic carbocycles. The van der Waals surface area contributed by atoms with Crippen LogP contribution in [0.1, 0.15) is 36.6 Å². The number of rotatable bonds is 10. The Hall–Kier alpha value is -3.32. The number of carbonyl (C=O) groups is 2. The maximum absolute atomic E-state index is 12.0. The van der Waals surface area contributed by atoms with Crippen LogP contribution in [-0.4, -0.2) is 29.7 Å². The van der Waals surface area contributed by atoms with Crippen LogP contribution in [0.4, 0.5) is 0 Å². The molecule has 0 radical (unpaired) electrons. The van der Waals surface area contributed by atoms with Crippen molar-refractivity contribution in [2.75, 3.05) is 13.2 Å². The van der Waals surface area contributed by atoms with Gasteiger partial charge in [-0.15, -0.1) is 0 Å². The first-order chi connectivity index (χ1) is 15.0. The average Bonchev–Trinajstić information content (AvgIpc) is 3.03. The highest BCUT2D eigenvalue weighted by molar-refractivity contribution is 5.91. The molecule has 3 aromatic rings. The van der Waals surface area contributed by atoms with Gasteiger partial charge in [0.25, 0.3) is 0 Å². The molecule has 1 amide bonds. The van der Waals surface area contributed by atoms with E-state index >= 15 is 0 Å². The fourth-order valence-electron chi connectivity index (χ4n) is 3.66. The molecular formula is C24H29N3O4. The van der Waals surface area contributed by atoms with E-state index in [0.29, 0.717) is 38.3 Å². The van der Waals surface area contributed by atoms with Crippen LogP contribution < -0.4 is 16.0 Å². The van der Waals surface area contributed by atoms with Crippen molar-refractivity contribution in [3.05, 3.63) is 65.4 Å². The van der Waals surface area contributed by atoms with Crippen molar-refractivity contribution in [2.24, 2.45) is 5.84 Å². The molecule has 0 spiro atoms. The van der Waals surface area contributed by atoms with Gasteiger partial charge in [-0.05, 0) is 49.6 Å². The largest absolute Gasteiger partial charge is 0.494 e. The topological polar surface area (TPSA) is 95.6 Å². The molecule has 0 saturated heterocycles. The standard InChI is InChI=1S/C24H29N3O4/c1-3-30-24(29)10-7-13-31-19-11-12-22-21(14-19)20(15-23(28)26-25)17(2)27(22)16-18-8-5-4-6-9-18/h4-6,8-9,11-12,14H,3,7,10,13,15-16,25H2,1-2H3,(H,26,28). The van der Waals surface area contributed by atoms with E-state index in [1.165, 1.54) is 5.56 Å². The van der Waals surface area contributed by atoms with Crippen LogP contribution in [0.25, 0.3) is 10.9 Å². The number of aromatic nitrogens is 1. The quantitative estimate of drug-likeness (QED) is 0.172. The lowest BCUT2D eigenvalue weighted by Crippen LogP contribution is -2.31. The number of hydrazine groups is 1. The third-order valence-electron chi connectivity index (χ3n) is 5.21. The highest BCUT2D eigenvalue weighted by Crippen LogP contribution is 2.30. The predicted octanol–water partition coefficient (Wildman–Crippen LogP) is 3.25. The van der Waals surface area contributed by atoms with Crippen molar-refractivity contribution in [3.63, 3.8) is 0 Å². The van der Waals surface area contributed by atoms with Gasteiger partial charge in [-0.1, -0.05) is 30.3 Å². The number of hydrogen-bond donors (Lipinski definition) is 2. The molecule has 1 heterocycles. The van der Waals surface area contributed by atoms with Gasteiger partial charge in [0.05, 0.1) is 19.6 Å². The highest BCUT2D eigenvalue weighted by Gasteiger charge is 2.17. The summed E-state index contributed by atoms with van der Waals surface area (Å²) in [4.78, 5) is 23.5. The maximum Gasteiger partial charge on any atom is 0.305 e. The summed E-state index contributed by atoms with van der Waals surface area (Å²) in [6, 6.07) is 16.1. The zero-order valence-electron chi connectivity index (χ0n) is 18.0. The molecule has 0 aliphatic rings. The molecule has 7 nitrogen and oxygen atoms in total. The van der Waals surface area contributed by atoms with Crippen molar-refractivity contribution in [3.8, 4) is 5.75 Å². The van der Waals surface area contributed by atoms with Crippen LogP contribution in [0.2, 0.25) is 0 Å². The third kappa shape index (κ3) is 5.64. The highest BCUT2D eigenvalue weighted by atomic mass is 16.5. The van der Waals surface area contributed by atoms with Crippen molar-refractivity contribution in [1.82, 2.24) is 9.99 Å². The number of amides is 1. The first-order valence-electron chi connectivity index (χ1n) is 10.5. The van der Waals surface area contributed by atoms with Gasteiger partial charge < -0.3 is 14.0 Å². The van der Waals surface area contributed by atoms with Gasteiger partial charge in [0.15, 0.2) is 0 Å². The summed E-state index contributed by atoms with van der Waals surface area (Å²) in [5, 5.41) is 0.958. The molecular weight excluding hydrogens is 394 g/mol. The minimum atomic E-state index is -0.248. The van der Waals surface area contributed by atoms with E-state index in [9.17, 15) is 9.59 Å². The number of hydrogen-bond acceptors (Lipinski definition) is 5. The Morgan fingerprint density at radius 3 is 2.61 bits per heavy atom. The van der Waals surface area contributed by atoms with Crippen LogP contribution in [0.5, 0.6) is 5.75 Å². The molecule has 0 aliphatic heterocycles. The summed E-state index contributed by atoms with van der Waals surface area (Å²) in [5.41, 5.74) is 6.36. The van der Waals surface area contributed by atoms with Crippen LogP contribution >= 0.6 is 0 Å². The van der Waals surface area contributed by atoms with Crippen LogP contribution in [0, 0.1) is 6.92 Å². The van der Waals surface area contributed by atoms with Crippen LogP contribution in [0.3, 0.4) is 0 Å². The summed E-state index contributed by atoms with van der Waals surface area (Å²) < 4.78 is 13.0. The van der Waals surface area contributed by atoms with E-state index in [2.05, 4.69) is 22.1 Å². The summed E-state index contributed by atoms with van der Waals surface area (Å²) in [6.45, 7) is 5.30. The molecule has 1 aromatic heterocycles. The van der Waals surface area contributed by atoms with E-state index in [1.54, 1.807) is 6.92 Å². The average molecular weight is 424 g/mol. The Labute approximate surface area is 182 Å². The molecule has 0 fully saturated rings. The van der Waals surface area contributed by atoms with Crippen molar-refractivity contribution < 1.29 is 19.1 Å². The number of nitrogens with two attached hydrogens (primary N) is 1. The lowest BCUT2D eigenvalue weighted by molar-refractivity contribution is -0.143. The zero-order valence-corrected chi connectivity index (χ0v) is 18.0. The third-order valence-corrected chi connectivity index (χ3v) is 5.21. The van der Waals surface area contributed by atoms with Crippen molar-refractivity contribution in [1.29, 1.82) is 0 Å². The van der Waals surface area contributed by atoms with E-state index < -0.39 is 0 Å². The molecule has 7 heteroatoms. The smallest absolute Gasteiger partial charge is 0.305 e. The number of nitrogens with zero attached hydrogens (tertiary/aromatic N) is 1. The fraction of sp³-hybridized carbons (Fsp3) is 0.333. The van der Waals surface area contributed by atoms with Crippen molar-refractivity contribution >= 4 is 22.8 Å². The Balaban J connectivity index is 1.85. The minimum absolute atomic E-state index is 0.187. The molecule has 0 aliphatic carbocycles. The minimum Gasteiger partial charge on any atom is -0.494 e. The molecule has 31 heavy (non-hydrogen) atoms. The number of fused-ring (bicyclic) bond motifs is 1. The van der Waals surface area contributed by atoms with Gasteiger partial charge in [0, 0.05) is 29.6 Å². The van der Waals surface area contributed by atoms with Gasteiger partial charge in [-0.25, -0.2) is 5.84 Å². The van der Waals surface area contributed by atoms with E-state index in [1.807, 2.05) is 43.3 Å². The summed E-state index contributed by atoms with van der Waals surface area (Å²) in [7, 11) is 0. The number of benzene rings is 2. The Morgan fingerprint density at radius 2 is 1.90 bits per heavy atom. The van der Waals surface area contributed by atoms with Gasteiger partial charge in [0.1, 0.15) is 5.75 Å². The lowest BCUT2D eigenvalue weighted by Gasteiger charge is -2.10. The van der Waals surface area contributed by atoms with Gasteiger partial charge in [-0.3, -0.25) is 15.0 Å². The molecule has 0 atom stereocenters. The zero-order chi connectivity index (χ0) is 22.2. The fourth-order valence-corrected chi connectivity index (χ4v) is 3.66. The SMILES string of the molecule is CCOC(=O)CCCOc1ccc2c(c1)c(CC(=O)NN)c(C)n2Cc1ccccc1. The number of esters is 1. The first-order valence-corrected chi connectivity index (χ1v) is 10.5. The molecule has 164 valence electrons. The van der Waals surface area contributed by atoms with E-state index in [-0.39, 0.29) is 18.3 Å². The Bertz CT molecular complexity index is 1040. The van der Waals surface area contributed by atoms with Gasteiger partial charge >= 0.3 is 5.97 Å². The molecule has 3 rings (SSSR count). The number of ether oxygens (including phenoxy) is 2. The molecule has 3 N–H and O–H groups in total. The molecule has 0 unspecified atom stereocenters. The van der Waals surface area contributed by atoms with Gasteiger partial charge in [0.2, 0.25) is 5.91 Å². The monoisotopic (exact) mass is 423 g/mol. The predicted molar refractivity (Wildman–Crippen MR) is 120 cm³/mol. The summed E-state index contributed by atoms with van der Waals surface area (Å²) >= 11 is 0. The Kier molecular flexibility index (Phi) is 7.67. The normalized spacial score (nSPS) is 10.8. The van der Waals surface area contributed by atoms with E-state index in [0.717, 1.165) is 22.2 Å². The Morgan fingerprint density at radius 1 is 1.13 bits per heavy atom. The molecule has 0 bridgehead atoms. The molecule has 0 saturated carbocycles. The second-order valence-corrected chi connectivity index (χ2v) is 7.32. The van der Waals surface area contributed by atoms with Gasteiger partial charge in [-0.2, -0.15) is 0 Å². The number of nitrogens with one attached hydrogen (secondary N) is 1. The second kappa shape index (κ2) is 10.6. The number of carbonyl (C=O) groups excluding carboxylic acids is 2. The first kappa shape index (κ1) is 22.4. The van der Waals surface area contributed by atoms with E-state index in [4.69, 9.17) is 15.3 Å². The summed E-state index contributed by atoms with van der Waals surface area (Å²) in [5.74, 6) is 5.56. The van der Waals surface area contributed by atoms with Crippen LogP contribution in [0.15, 0.2) is 48.5 Å². The maximum atomic E-state index is 12.0.